The molecule has 192 valence electrons. The third-order valence-electron chi connectivity index (χ3n) is 6.45. The first-order valence-corrected chi connectivity index (χ1v) is 13.7. The summed E-state index contributed by atoms with van der Waals surface area (Å²) in [6.07, 6.45) is 6.71. The molecular formula is C35H32Cl2Zr-2. The molecule has 0 radical (unpaired) electrons. The maximum atomic E-state index is 3.39. The molecule has 1 atom stereocenters. The predicted molar refractivity (Wildman–Crippen MR) is 150 cm³/mol. The minimum atomic E-state index is 0. The van der Waals surface area contributed by atoms with Crippen molar-refractivity contribution in [2.45, 2.75) is 34.1 Å². The molecule has 1 unspecified atom stereocenters. The molecule has 3 heteroatoms. The van der Waals surface area contributed by atoms with E-state index in [1.807, 2.05) is 12.1 Å². The van der Waals surface area contributed by atoms with Gasteiger partial charge in [0.05, 0.1) is 0 Å². The molecule has 2 aliphatic rings. The summed E-state index contributed by atoms with van der Waals surface area (Å²) in [6.45, 7) is 8.58. The van der Waals surface area contributed by atoms with E-state index in [0.717, 1.165) is 6.42 Å². The fourth-order valence-electron chi connectivity index (χ4n) is 4.57. The maximum Gasteiger partial charge on any atom is -0.0253 e. The van der Waals surface area contributed by atoms with Gasteiger partial charge < -0.3 is 24.8 Å². The molecule has 0 spiro atoms. The monoisotopic (exact) mass is 612 g/mol. The van der Waals surface area contributed by atoms with Crippen molar-refractivity contribution in [1.29, 1.82) is 0 Å². The molecule has 0 nitrogen and oxygen atoms in total. The number of allylic oxidation sites excluding steroid dienone is 4. The summed E-state index contributed by atoms with van der Waals surface area (Å²) in [5.41, 5.74) is 12.1. The van der Waals surface area contributed by atoms with Gasteiger partial charge in [0.15, 0.2) is 0 Å². The van der Waals surface area contributed by atoms with E-state index in [1.54, 1.807) is 0 Å². The summed E-state index contributed by atoms with van der Waals surface area (Å²) in [4.78, 5) is 0. The second-order valence-corrected chi connectivity index (χ2v) is 11.2. The molecule has 0 aliphatic heterocycles. The molecule has 38 heavy (non-hydrogen) atoms. The van der Waals surface area contributed by atoms with Crippen LogP contribution in [0.2, 0.25) is 0 Å². The molecule has 6 rings (SSSR count). The molecule has 0 saturated carbocycles. The van der Waals surface area contributed by atoms with Gasteiger partial charge in [-0.3, -0.25) is 6.08 Å². The van der Waals surface area contributed by atoms with Crippen molar-refractivity contribution in [3.63, 3.8) is 0 Å². The quantitative estimate of drug-likeness (QED) is 0.269. The summed E-state index contributed by atoms with van der Waals surface area (Å²) < 4.78 is 1.46. The Balaban J connectivity index is 0.000000197. The van der Waals surface area contributed by atoms with Crippen LogP contribution in [0.1, 0.15) is 48.6 Å². The van der Waals surface area contributed by atoms with Gasteiger partial charge in [0.25, 0.3) is 0 Å². The normalized spacial score (nSPS) is 14.0. The number of hydrogen-bond donors (Lipinski definition) is 0. The Hall–Kier alpha value is -2.31. The van der Waals surface area contributed by atoms with Crippen LogP contribution in [0.25, 0.3) is 16.7 Å². The number of benzene rings is 4. The van der Waals surface area contributed by atoms with Crippen molar-refractivity contribution in [2.24, 2.45) is 5.92 Å². The summed E-state index contributed by atoms with van der Waals surface area (Å²) >= 11 is 1.51. The van der Waals surface area contributed by atoms with E-state index in [4.69, 9.17) is 0 Å². The average Bonchev–Trinajstić information content (AvgIpc) is 3.44. The third-order valence-corrected chi connectivity index (χ3v) is 7.16. The fraction of sp³-hybridized carbons (Fsp3) is 0.171. The Labute approximate surface area is 256 Å². The zero-order valence-corrected chi connectivity index (χ0v) is 26.3. The molecule has 0 N–H and O–H groups in total. The van der Waals surface area contributed by atoms with E-state index in [9.17, 15) is 0 Å². The van der Waals surface area contributed by atoms with Crippen LogP contribution in [0.3, 0.4) is 0 Å². The molecule has 0 heterocycles. The largest absolute Gasteiger partial charge is 1.00 e. The molecule has 4 aromatic rings. The van der Waals surface area contributed by atoms with Gasteiger partial charge in [-0.25, -0.2) is 5.57 Å². The van der Waals surface area contributed by atoms with Gasteiger partial charge in [-0.1, -0.05) is 85.5 Å². The zero-order valence-electron chi connectivity index (χ0n) is 22.4. The fourth-order valence-corrected chi connectivity index (χ4v) is 4.98. The molecule has 4 aromatic carbocycles. The summed E-state index contributed by atoms with van der Waals surface area (Å²) in [5.74, 6) is 0.468. The van der Waals surface area contributed by atoms with Crippen LogP contribution >= 0.6 is 0 Å². The number of halogens is 2. The second-order valence-electron chi connectivity index (χ2n) is 9.39. The minimum Gasteiger partial charge on any atom is -1.00 e. The van der Waals surface area contributed by atoms with Crippen molar-refractivity contribution >= 4 is 8.78 Å². The third kappa shape index (κ3) is 8.34. The molecular weight excluding hydrogens is 583 g/mol. The Morgan fingerprint density at radius 3 is 2.05 bits per heavy atom. The van der Waals surface area contributed by atoms with E-state index in [0.29, 0.717) is 5.92 Å². The zero-order chi connectivity index (χ0) is 25.5. The first-order chi connectivity index (χ1) is 17.4. The Morgan fingerprint density at radius 1 is 0.789 bits per heavy atom. The molecule has 2 aliphatic carbocycles. The van der Waals surface area contributed by atoms with Gasteiger partial charge in [-0.15, -0.1) is 11.1 Å². The molecule has 0 aromatic heterocycles. The van der Waals surface area contributed by atoms with E-state index < -0.39 is 0 Å². The van der Waals surface area contributed by atoms with Gasteiger partial charge in [0.1, 0.15) is 0 Å². The van der Waals surface area contributed by atoms with E-state index in [-0.39, 0.29) is 24.8 Å². The van der Waals surface area contributed by atoms with Crippen molar-refractivity contribution in [3.05, 3.63) is 149 Å². The van der Waals surface area contributed by atoms with E-state index in [1.165, 1.54) is 77.5 Å². The number of fused-ring (bicyclic) bond motifs is 3. The van der Waals surface area contributed by atoms with Gasteiger partial charge in [0, 0.05) is 0 Å². The SMILES string of the molecule is CC1=[C-]C(C)C=C1c1ccccc1.C[C](=[Zr+2])c1ccc(C)cc1.[Cl-].[Cl-].[c-]1cccc2c1Cc1ccccc1-2. The van der Waals surface area contributed by atoms with Gasteiger partial charge in [-0.05, 0) is 6.42 Å². The van der Waals surface area contributed by atoms with Crippen molar-refractivity contribution in [2.75, 3.05) is 0 Å². The van der Waals surface area contributed by atoms with E-state index >= 15 is 0 Å². The summed E-state index contributed by atoms with van der Waals surface area (Å²) in [6, 6.07) is 37.3. The van der Waals surface area contributed by atoms with Gasteiger partial charge >= 0.3 is 76.7 Å². The van der Waals surface area contributed by atoms with E-state index in [2.05, 4.69) is 131 Å². The summed E-state index contributed by atoms with van der Waals surface area (Å²) in [5, 5.41) is 0. The second kappa shape index (κ2) is 15.3. The van der Waals surface area contributed by atoms with Gasteiger partial charge in [0.2, 0.25) is 0 Å². The molecule has 0 saturated heterocycles. The predicted octanol–water partition coefficient (Wildman–Crippen LogP) is 2.62. The molecule has 0 amide bonds. The Bertz CT molecular complexity index is 1360. The smallest absolute Gasteiger partial charge is 0.0253 e. The van der Waals surface area contributed by atoms with Crippen LogP contribution < -0.4 is 24.8 Å². The average molecular weight is 615 g/mol. The van der Waals surface area contributed by atoms with Crippen molar-refractivity contribution in [3.8, 4) is 11.1 Å². The first kappa shape index (κ1) is 31.9. The maximum absolute atomic E-state index is 3.39. The Kier molecular flexibility index (Phi) is 12.9. The van der Waals surface area contributed by atoms with Crippen LogP contribution in [0.5, 0.6) is 0 Å². The van der Waals surface area contributed by atoms with Gasteiger partial charge in [-0.2, -0.15) is 41.5 Å². The van der Waals surface area contributed by atoms with Crippen LogP contribution in [0.15, 0.2) is 109 Å². The first-order valence-electron chi connectivity index (χ1n) is 12.5. The van der Waals surface area contributed by atoms with Crippen LogP contribution in [-0.4, -0.2) is 3.21 Å². The molecule has 0 fully saturated rings. The van der Waals surface area contributed by atoms with Crippen LogP contribution in [0, 0.1) is 25.0 Å². The Morgan fingerprint density at radius 2 is 1.42 bits per heavy atom. The van der Waals surface area contributed by atoms with Crippen LogP contribution in [0.4, 0.5) is 0 Å². The van der Waals surface area contributed by atoms with Crippen LogP contribution in [-0.2, 0) is 30.7 Å². The number of rotatable bonds is 2. The number of hydrogen-bond acceptors (Lipinski definition) is 0. The molecule has 0 bridgehead atoms. The van der Waals surface area contributed by atoms with Crippen molar-refractivity contribution < 1.29 is 49.0 Å². The minimum absolute atomic E-state index is 0. The number of aryl methyl sites for hydroxylation is 1. The summed E-state index contributed by atoms with van der Waals surface area (Å²) in [7, 11) is 0. The van der Waals surface area contributed by atoms with Crippen molar-refractivity contribution in [1.82, 2.24) is 0 Å². The standard InChI is InChI=1S/C13H9.C13H13.C9H10.2ClH.Zr/c1-3-7-12-10(5-1)9-11-6-2-4-8-13(11)12;1-10-8-11(2)13(9-10)12-6-4-3-5-7-12;1-3-9-6-4-8(2)5-7-9;;;/h1-5,7-8H,9H2;3-7,9-10H,1-2H3;4-7H,1-2H3;2*1H;/q2*-1;;;;+2/p-2. The topological polar surface area (TPSA) is 0 Å².